The van der Waals surface area contributed by atoms with Crippen LogP contribution in [-0.4, -0.2) is 34.9 Å². The molecule has 0 aliphatic heterocycles. The summed E-state index contributed by atoms with van der Waals surface area (Å²) >= 11 is 0. The van der Waals surface area contributed by atoms with Gasteiger partial charge < -0.3 is 14.8 Å². The fourth-order valence-electron chi connectivity index (χ4n) is 0.785. The van der Waals surface area contributed by atoms with Gasteiger partial charge in [0.2, 0.25) is 0 Å². The molecule has 5 nitrogen and oxygen atoms in total. The van der Waals surface area contributed by atoms with E-state index in [-0.39, 0.29) is 5.46 Å². The zero-order valence-electron chi connectivity index (χ0n) is 6.47. The molecule has 0 aliphatic rings. The highest BCUT2D eigenvalue weighted by atomic mass is 16.5. The van der Waals surface area contributed by atoms with E-state index in [4.69, 9.17) is 10.0 Å². The molecule has 0 saturated carbocycles. The summed E-state index contributed by atoms with van der Waals surface area (Å²) in [6.07, 6.45) is 2.11. The number of carbonyl (C=O) groups is 1. The van der Waals surface area contributed by atoms with Crippen molar-refractivity contribution in [2.24, 2.45) is 0 Å². The van der Waals surface area contributed by atoms with Crippen LogP contribution in [0.5, 0.6) is 0 Å². The van der Waals surface area contributed by atoms with Gasteiger partial charge in [-0.1, -0.05) is 0 Å². The predicted octanol–water partition coefficient (Wildman–Crippen LogP) is -1.22. The Morgan fingerprint density at radius 1 is 1.67 bits per heavy atom. The van der Waals surface area contributed by atoms with Crippen LogP contribution in [0.1, 0.15) is 0 Å². The van der Waals surface area contributed by atoms with Crippen molar-refractivity contribution in [1.29, 1.82) is 0 Å². The van der Waals surface area contributed by atoms with Gasteiger partial charge in [0.05, 0.1) is 7.11 Å². The zero-order chi connectivity index (χ0) is 9.14. The molecule has 6 heteroatoms. The first-order valence-electron chi connectivity index (χ1n) is 3.27. The standard InChI is InChI=1S/C6H8BNO4/c1-12-6(9)8-3-2-5(4-8)7(10)11/h2-4,10-11H,1H3. The summed E-state index contributed by atoms with van der Waals surface area (Å²) in [7, 11) is -0.312. The summed E-state index contributed by atoms with van der Waals surface area (Å²) in [5.74, 6) is 0. The van der Waals surface area contributed by atoms with Crippen molar-refractivity contribution < 1.29 is 19.6 Å². The van der Waals surface area contributed by atoms with Crippen LogP contribution >= 0.6 is 0 Å². The molecule has 64 valence electrons. The fraction of sp³-hybridized carbons (Fsp3) is 0.167. The van der Waals surface area contributed by atoms with Crippen molar-refractivity contribution >= 4 is 18.7 Å². The van der Waals surface area contributed by atoms with Gasteiger partial charge in [0.1, 0.15) is 0 Å². The molecule has 12 heavy (non-hydrogen) atoms. The molecular formula is C6H8BNO4. The van der Waals surface area contributed by atoms with Crippen LogP contribution in [0.15, 0.2) is 18.5 Å². The van der Waals surface area contributed by atoms with Crippen LogP contribution in [0.3, 0.4) is 0 Å². The summed E-state index contributed by atoms with van der Waals surface area (Å²) in [6, 6.07) is 1.42. The third kappa shape index (κ3) is 1.66. The van der Waals surface area contributed by atoms with Gasteiger partial charge in [-0.25, -0.2) is 4.79 Å². The Hall–Kier alpha value is -1.27. The number of aromatic nitrogens is 1. The van der Waals surface area contributed by atoms with E-state index in [2.05, 4.69) is 4.74 Å². The first-order chi connectivity index (χ1) is 5.65. The average Bonchev–Trinajstić information content (AvgIpc) is 2.51. The molecule has 0 bridgehead atoms. The van der Waals surface area contributed by atoms with Crippen LogP contribution in [0, 0.1) is 0 Å². The van der Waals surface area contributed by atoms with Crippen molar-refractivity contribution in [2.45, 2.75) is 0 Å². The molecule has 1 rings (SSSR count). The van der Waals surface area contributed by atoms with Crippen LogP contribution in [0.2, 0.25) is 0 Å². The topological polar surface area (TPSA) is 71.7 Å². The van der Waals surface area contributed by atoms with E-state index in [1.54, 1.807) is 0 Å². The minimum absolute atomic E-state index is 0.250. The second-order valence-corrected chi connectivity index (χ2v) is 2.20. The largest absolute Gasteiger partial charge is 0.490 e. The molecule has 0 aromatic carbocycles. The van der Waals surface area contributed by atoms with E-state index in [0.717, 1.165) is 4.57 Å². The number of ether oxygens (including phenoxy) is 1. The fourth-order valence-corrected chi connectivity index (χ4v) is 0.785. The summed E-state index contributed by atoms with van der Waals surface area (Å²) in [4.78, 5) is 10.8. The molecule has 1 heterocycles. The van der Waals surface area contributed by atoms with Gasteiger partial charge in [-0.15, -0.1) is 0 Å². The molecule has 1 aromatic rings. The van der Waals surface area contributed by atoms with E-state index < -0.39 is 13.2 Å². The lowest BCUT2D eigenvalue weighted by atomic mass is 9.83. The highest BCUT2D eigenvalue weighted by Gasteiger charge is 2.13. The number of hydrogen-bond donors (Lipinski definition) is 2. The number of hydrogen-bond acceptors (Lipinski definition) is 4. The van der Waals surface area contributed by atoms with E-state index >= 15 is 0 Å². The second kappa shape index (κ2) is 3.42. The molecule has 0 amide bonds. The van der Waals surface area contributed by atoms with Crippen molar-refractivity contribution in [3.8, 4) is 0 Å². The van der Waals surface area contributed by atoms with E-state index in [9.17, 15) is 4.79 Å². The lowest BCUT2D eigenvalue weighted by molar-refractivity contribution is 0.173. The Morgan fingerprint density at radius 2 is 2.33 bits per heavy atom. The SMILES string of the molecule is COC(=O)n1ccc(B(O)O)c1. The quantitative estimate of drug-likeness (QED) is 0.517. The highest BCUT2D eigenvalue weighted by molar-refractivity contribution is 6.58. The van der Waals surface area contributed by atoms with Crippen LogP contribution in [0.4, 0.5) is 4.79 Å². The minimum Gasteiger partial charge on any atom is -0.452 e. The maximum Gasteiger partial charge on any atom is 0.490 e. The Balaban J connectivity index is 2.84. The molecule has 0 atom stereocenters. The average molecular weight is 169 g/mol. The van der Waals surface area contributed by atoms with Crippen molar-refractivity contribution in [2.75, 3.05) is 7.11 Å². The Labute approximate surface area is 69.3 Å². The number of carbonyl (C=O) groups excluding carboxylic acids is 1. The first kappa shape index (κ1) is 8.83. The van der Waals surface area contributed by atoms with Crippen LogP contribution in [0.25, 0.3) is 0 Å². The van der Waals surface area contributed by atoms with Crippen molar-refractivity contribution in [1.82, 2.24) is 4.57 Å². The molecular weight excluding hydrogens is 161 g/mol. The van der Waals surface area contributed by atoms with Crippen LogP contribution in [-0.2, 0) is 4.74 Å². The Kier molecular flexibility index (Phi) is 2.52. The smallest absolute Gasteiger partial charge is 0.452 e. The predicted molar refractivity (Wildman–Crippen MR) is 42.1 cm³/mol. The normalized spacial score (nSPS) is 9.58. The molecule has 0 unspecified atom stereocenters. The summed E-state index contributed by atoms with van der Waals surface area (Å²) in [6.45, 7) is 0. The maximum atomic E-state index is 10.8. The van der Waals surface area contributed by atoms with Gasteiger partial charge in [0.25, 0.3) is 0 Å². The van der Waals surface area contributed by atoms with Gasteiger partial charge in [0, 0.05) is 17.9 Å². The van der Waals surface area contributed by atoms with E-state index in [0.29, 0.717) is 0 Å². The minimum atomic E-state index is -1.56. The zero-order valence-corrected chi connectivity index (χ0v) is 6.47. The van der Waals surface area contributed by atoms with Gasteiger partial charge in [-0.3, -0.25) is 4.57 Å². The molecule has 0 radical (unpaired) electrons. The number of methoxy groups -OCH3 is 1. The van der Waals surface area contributed by atoms with Crippen molar-refractivity contribution in [3.63, 3.8) is 0 Å². The lowest BCUT2D eigenvalue weighted by Crippen LogP contribution is -2.28. The highest BCUT2D eigenvalue weighted by Crippen LogP contribution is 1.90. The molecule has 0 fully saturated rings. The number of rotatable bonds is 1. The summed E-state index contributed by atoms with van der Waals surface area (Å²) in [5, 5.41) is 17.4. The Morgan fingerprint density at radius 3 is 2.75 bits per heavy atom. The monoisotopic (exact) mass is 169 g/mol. The van der Waals surface area contributed by atoms with Gasteiger partial charge >= 0.3 is 13.2 Å². The first-order valence-corrected chi connectivity index (χ1v) is 3.27. The van der Waals surface area contributed by atoms with Crippen molar-refractivity contribution in [3.05, 3.63) is 18.5 Å². The molecule has 0 spiro atoms. The third-order valence-electron chi connectivity index (χ3n) is 1.40. The molecule has 2 N–H and O–H groups in total. The lowest BCUT2D eigenvalue weighted by Gasteiger charge is -1.97. The van der Waals surface area contributed by atoms with Gasteiger partial charge in [-0.2, -0.15) is 0 Å². The van der Waals surface area contributed by atoms with E-state index in [1.165, 1.54) is 25.6 Å². The second-order valence-electron chi connectivity index (χ2n) is 2.20. The third-order valence-corrected chi connectivity index (χ3v) is 1.40. The maximum absolute atomic E-state index is 10.8. The molecule has 0 saturated heterocycles. The van der Waals surface area contributed by atoms with Gasteiger partial charge in [0.15, 0.2) is 0 Å². The van der Waals surface area contributed by atoms with E-state index in [1.807, 2.05) is 0 Å². The molecule has 0 aliphatic carbocycles. The number of nitrogens with zero attached hydrogens (tertiary/aromatic N) is 1. The Bertz CT molecular complexity index is 283. The summed E-state index contributed by atoms with van der Waals surface area (Å²) < 4.78 is 5.51. The summed E-state index contributed by atoms with van der Waals surface area (Å²) in [5.41, 5.74) is 0.250. The van der Waals surface area contributed by atoms with Gasteiger partial charge in [-0.05, 0) is 6.07 Å². The molecule has 1 aromatic heterocycles. The van der Waals surface area contributed by atoms with Crippen LogP contribution < -0.4 is 5.46 Å².